The van der Waals surface area contributed by atoms with Gasteiger partial charge in [-0.3, -0.25) is 4.79 Å². The van der Waals surface area contributed by atoms with Gasteiger partial charge in [-0.15, -0.1) is 0 Å². The molecule has 2 aliphatic rings. The molecule has 1 aromatic rings. The summed E-state index contributed by atoms with van der Waals surface area (Å²) in [6.45, 7) is 8.03. The Balaban J connectivity index is 1.94. The fraction of sp³-hybridized carbons (Fsp3) is 0.429. The van der Waals surface area contributed by atoms with Gasteiger partial charge in [-0.25, -0.2) is 4.99 Å². The third kappa shape index (κ3) is 1.85. The van der Waals surface area contributed by atoms with Gasteiger partial charge in [0.1, 0.15) is 0 Å². The van der Waals surface area contributed by atoms with Gasteiger partial charge in [0, 0.05) is 11.8 Å². The Kier molecular flexibility index (Phi) is 2.50. The summed E-state index contributed by atoms with van der Waals surface area (Å²) in [5.74, 6) is -0.201. The fourth-order valence-electron chi connectivity index (χ4n) is 2.20. The van der Waals surface area contributed by atoms with E-state index in [-0.39, 0.29) is 17.1 Å². The minimum Gasteiger partial charge on any atom is -0.399 e. The van der Waals surface area contributed by atoms with Crippen molar-refractivity contribution in [2.24, 2.45) is 4.99 Å². The number of carbonyl (C=O) groups excluding carboxylic acids is 1. The van der Waals surface area contributed by atoms with Crippen LogP contribution in [0.3, 0.4) is 0 Å². The van der Waals surface area contributed by atoms with Crippen LogP contribution in [-0.2, 0) is 9.31 Å². The number of benzene rings is 1. The van der Waals surface area contributed by atoms with Gasteiger partial charge < -0.3 is 9.31 Å². The van der Waals surface area contributed by atoms with Crippen LogP contribution in [0, 0.1) is 0 Å². The molecule has 0 spiro atoms. The predicted molar refractivity (Wildman–Crippen MR) is 74.1 cm³/mol. The third-order valence-corrected chi connectivity index (χ3v) is 4.15. The minimum atomic E-state index is -0.441. The van der Waals surface area contributed by atoms with Gasteiger partial charge in [-0.1, -0.05) is 12.1 Å². The topological polar surface area (TPSA) is 47.9 Å². The first kappa shape index (κ1) is 12.6. The van der Waals surface area contributed by atoms with Crippen LogP contribution in [0.5, 0.6) is 0 Å². The molecule has 0 aromatic heterocycles. The number of fused-ring (bicyclic) bond motifs is 1. The Labute approximate surface area is 113 Å². The van der Waals surface area contributed by atoms with Gasteiger partial charge in [0.05, 0.1) is 16.8 Å². The van der Waals surface area contributed by atoms with Gasteiger partial charge in [-0.05, 0) is 39.2 Å². The number of aliphatic imine (C=N–C) groups is 1. The highest BCUT2D eigenvalue weighted by atomic mass is 16.7. The minimum absolute atomic E-state index is 0.201. The maximum atomic E-state index is 11.6. The molecule has 0 saturated carbocycles. The van der Waals surface area contributed by atoms with E-state index in [4.69, 9.17) is 9.31 Å². The van der Waals surface area contributed by atoms with Crippen molar-refractivity contribution in [2.75, 3.05) is 0 Å². The van der Waals surface area contributed by atoms with Crippen LogP contribution in [0.2, 0.25) is 0 Å². The van der Waals surface area contributed by atoms with Crippen LogP contribution in [0.4, 0.5) is 0 Å². The average Bonchev–Trinajstić information content (AvgIpc) is 2.78. The molecule has 0 unspecified atom stereocenters. The Bertz CT molecular complexity index is 576. The van der Waals surface area contributed by atoms with E-state index in [2.05, 4.69) is 4.99 Å². The van der Waals surface area contributed by atoms with Crippen LogP contribution >= 0.6 is 0 Å². The molecule has 0 bridgehead atoms. The van der Waals surface area contributed by atoms with Crippen molar-refractivity contribution in [3.8, 4) is 0 Å². The molecule has 19 heavy (non-hydrogen) atoms. The quantitative estimate of drug-likeness (QED) is 0.717. The van der Waals surface area contributed by atoms with Gasteiger partial charge in [-0.2, -0.15) is 0 Å². The normalized spacial score (nSPS) is 22.9. The second-order valence-corrected chi connectivity index (χ2v) is 6.00. The molecule has 1 fully saturated rings. The Hall–Kier alpha value is -1.46. The molecule has 0 radical (unpaired) electrons. The van der Waals surface area contributed by atoms with Crippen molar-refractivity contribution >= 4 is 24.7 Å². The van der Waals surface area contributed by atoms with Crippen molar-refractivity contribution in [3.05, 3.63) is 29.3 Å². The van der Waals surface area contributed by atoms with Crippen LogP contribution in [0.15, 0.2) is 23.2 Å². The highest BCUT2D eigenvalue weighted by Gasteiger charge is 2.51. The molecule has 3 rings (SSSR count). The van der Waals surface area contributed by atoms with Crippen molar-refractivity contribution in [1.29, 1.82) is 0 Å². The molecule has 4 nitrogen and oxygen atoms in total. The standard InChI is InChI=1S/C14H16BNO3/c1-13(2)14(3,4)19-15(18-13)10-6-5-9-8-16-12(17)11(9)7-10/h5-8H,1-4H3. The third-order valence-electron chi connectivity index (χ3n) is 4.15. The number of carbonyl (C=O) groups is 1. The van der Waals surface area contributed by atoms with Gasteiger partial charge in [0.25, 0.3) is 5.91 Å². The molecular weight excluding hydrogens is 241 g/mol. The van der Waals surface area contributed by atoms with Crippen LogP contribution < -0.4 is 5.46 Å². The molecule has 2 aliphatic heterocycles. The molecule has 2 heterocycles. The zero-order chi connectivity index (χ0) is 13.8. The van der Waals surface area contributed by atoms with E-state index in [9.17, 15) is 4.79 Å². The highest BCUT2D eigenvalue weighted by molar-refractivity contribution is 6.62. The van der Waals surface area contributed by atoms with E-state index in [0.717, 1.165) is 11.0 Å². The van der Waals surface area contributed by atoms with Gasteiger partial charge in [0.2, 0.25) is 0 Å². The van der Waals surface area contributed by atoms with Gasteiger partial charge in [0.15, 0.2) is 0 Å². The van der Waals surface area contributed by atoms with E-state index < -0.39 is 7.12 Å². The summed E-state index contributed by atoms with van der Waals surface area (Å²) in [5, 5.41) is 0. The number of hydrogen-bond acceptors (Lipinski definition) is 3. The largest absolute Gasteiger partial charge is 0.494 e. The van der Waals surface area contributed by atoms with E-state index in [0.29, 0.717) is 5.56 Å². The van der Waals surface area contributed by atoms with E-state index in [1.165, 1.54) is 0 Å². The molecule has 1 aromatic carbocycles. The summed E-state index contributed by atoms with van der Waals surface area (Å²) in [4.78, 5) is 15.4. The first-order chi connectivity index (χ1) is 8.80. The highest BCUT2D eigenvalue weighted by Crippen LogP contribution is 2.36. The monoisotopic (exact) mass is 257 g/mol. The van der Waals surface area contributed by atoms with Crippen LogP contribution in [0.25, 0.3) is 0 Å². The molecule has 1 saturated heterocycles. The number of amides is 1. The first-order valence-corrected chi connectivity index (χ1v) is 6.38. The summed E-state index contributed by atoms with van der Waals surface area (Å²) < 4.78 is 11.9. The molecule has 5 heteroatoms. The molecule has 0 atom stereocenters. The zero-order valence-corrected chi connectivity index (χ0v) is 11.6. The summed E-state index contributed by atoms with van der Waals surface area (Å²) in [5.41, 5.74) is 1.57. The van der Waals surface area contributed by atoms with Crippen molar-refractivity contribution in [1.82, 2.24) is 0 Å². The van der Waals surface area contributed by atoms with Crippen LogP contribution in [-0.4, -0.2) is 30.4 Å². The maximum Gasteiger partial charge on any atom is 0.494 e. The first-order valence-electron chi connectivity index (χ1n) is 6.38. The Morgan fingerprint density at radius 1 is 1.11 bits per heavy atom. The molecule has 98 valence electrons. The van der Waals surface area contributed by atoms with Crippen molar-refractivity contribution in [2.45, 2.75) is 38.9 Å². The lowest BCUT2D eigenvalue weighted by molar-refractivity contribution is 0.00578. The van der Waals surface area contributed by atoms with E-state index in [1.807, 2.05) is 45.9 Å². The molecule has 1 amide bonds. The van der Waals surface area contributed by atoms with Gasteiger partial charge >= 0.3 is 7.12 Å². The van der Waals surface area contributed by atoms with Crippen molar-refractivity contribution in [3.63, 3.8) is 0 Å². The second-order valence-electron chi connectivity index (χ2n) is 6.00. The summed E-state index contributed by atoms with van der Waals surface area (Å²) in [6, 6.07) is 5.61. The average molecular weight is 257 g/mol. The van der Waals surface area contributed by atoms with E-state index in [1.54, 1.807) is 6.21 Å². The van der Waals surface area contributed by atoms with E-state index >= 15 is 0 Å². The number of hydrogen-bond donors (Lipinski definition) is 0. The fourth-order valence-corrected chi connectivity index (χ4v) is 2.20. The molecular formula is C14H16BNO3. The molecule has 0 aliphatic carbocycles. The zero-order valence-electron chi connectivity index (χ0n) is 11.6. The predicted octanol–water partition coefficient (Wildman–Crippen LogP) is 1.56. The second kappa shape index (κ2) is 3.77. The Morgan fingerprint density at radius 3 is 2.37 bits per heavy atom. The smallest absolute Gasteiger partial charge is 0.399 e. The summed E-state index contributed by atoms with van der Waals surface area (Å²) in [7, 11) is -0.441. The molecule has 0 N–H and O–H groups in total. The van der Waals surface area contributed by atoms with Crippen LogP contribution in [0.1, 0.15) is 43.6 Å². The number of nitrogens with zero attached hydrogens (tertiary/aromatic N) is 1. The lowest BCUT2D eigenvalue weighted by Crippen LogP contribution is -2.41. The lowest BCUT2D eigenvalue weighted by Gasteiger charge is -2.32. The Morgan fingerprint density at radius 2 is 1.74 bits per heavy atom. The summed E-state index contributed by atoms with van der Waals surface area (Å²) >= 11 is 0. The van der Waals surface area contributed by atoms with Crippen molar-refractivity contribution < 1.29 is 14.1 Å². The number of rotatable bonds is 1. The summed E-state index contributed by atoms with van der Waals surface area (Å²) in [6.07, 6.45) is 1.59. The maximum absolute atomic E-state index is 11.6. The SMILES string of the molecule is CC1(C)OB(c2ccc3c(c2)C(=O)N=C3)OC1(C)C. The lowest BCUT2D eigenvalue weighted by atomic mass is 9.78.